The number of hydrogen-bond acceptors (Lipinski definition) is 1. The van der Waals surface area contributed by atoms with Gasteiger partial charge in [-0.3, -0.25) is 4.98 Å². The lowest BCUT2D eigenvalue weighted by Crippen LogP contribution is -2.07. The molecule has 1 aromatic heterocycles. The molecule has 0 radical (unpaired) electrons. The van der Waals surface area contributed by atoms with Crippen LogP contribution in [0.1, 0.15) is 11.3 Å². The Hall–Kier alpha value is -0.785. The van der Waals surface area contributed by atoms with Gasteiger partial charge in [0.1, 0.15) is 7.85 Å². The molecule has 0 fully saturated rings. The summed E-state index contributed by atoms with van der Waals surface area (Å²) in [6.07, 6.45) is 1.91. The molecule has 0 N–H and O–H groups in total. The van der Waals surface area contributed by atoms with Crippen molar-refractivity contribution in [3.63, 3.8) is 0 Å². The summed E-state index contributed by atoms with van der Waals surface area (Å²) in [5.41, 5.74) is 3.68. The van der Waals surface area contributed by atoms with E-state index in [0.717, 1.165) is 5.69 Å². The summed E-state index contributed by atoms with van der Waals surface area (Å²) in [5.74, 6) is 0. The maximum atomic E-state index is 4.14. The third kappa shape index (κ3) is 1.32. The molecule has 0 unspecified atom stereocenters. The highest BCUT2D eigenvalue weighted by Crippen LogP contribution is 1.91. The third-order valence-corrected chi connectivity index (χ3v) is 1.51. The van der Waals surface area contributed by atoms with Gasteiger partial charge in [0.15, 0.2) is 0 Å². The van der Waals surface area contributed by atoms with Gasteiger partial charge >= 0.3 is 0 Å². The molecule has 1 rings (SSSR count). The van der Waals surface area contributed by atoms with Gasteiger partial charge in [-0.1, -0.05) is 5.46 Å². The topological polar surface area (TPSA) is 12.9 Å². The predicted octanol–water partition coefficient (Wildman–Crippen LogP) is -0.0432. The molecule has 0 bridgehead atoms. The van der Waals surface area contributed by atoms with Gasteiger partial charge in [0.25, 0.3) is 0 Å². The van der Waals surface area contributed by atoms with Crippen molar-refractivity contribution >= 4 is 13.3 Å². The molecule has 0 aromatic carbocycles. The lowest BCUT2D eigenvalue weighted by atomic mass is 9.92. The lowest BCUT2D eigenvalue weighted by Gasteiger charge is -1.97. The Morgan fingerprint density at radius 3 is 2.56 bits per heavy atom. The molecule has 1 aromatic rings. The first-order valence-corrected chi connectivity index (χ1v) is 3.10. The third-order valence-electron chi connectivity index (χ3n) is 1.51. The summed E-state index contributed by atoms with van der Waals surface area (Å²) in [5, 5.41) is 0. The normalized spacial score (nSPS) is 9.56. The van der Waals surface area contributed by atoms with Gasteiger partial charge in [-0.05, 0) is 25.5 Å². The van der Waals surface area contributed by atoms with Crippen LogP contribution in [0.2, 0.25) is 0 Å². The molecule has 2 heteroatoms. The first-order chi connectivity index (χ1) is 4.20. The van der Waals surface area contributed by atoms with E-state index in [2.05, 4.69) is 25.8 Å². The van der Waals surface area contributed by atoms with Crippen molar-refractivity contribution in [1.29, 1.82) is 0 Å². The molecule has 0 atom stereocenters. The van der Waals surface area contributed by atoms with Crippen LogP contribution in [0.4, 0.5) is 0 Å². The molecule has 0 spiro atoms. The molecule has 0 aliphatic heterocycles. The van der Waals surface area contributed by atoms with Gasteiger partial charge in [0.2, 0.25) is 0 Å². The van der Waals surface area contributed by atoms with Crippen LogP contribution in [-0.2, 0) is 0 Å². The molecule has 0 aliphatic carbocycles. The molecular weight excluding hydrogens is 109 g/mol. The molecule has 0 amide bonds. The Balaban J connectivity index is 3.17. The number of aromatic nitrogens is 1. The zero-order chi connectivity index (χ0) is 6.85. The van der Waals surface area contributed by atoms with Crippen molar-refractivity contribution in [1.82, 2.24) is 4.98 Å². The molecule has 1 heterocycles. The standard InChI is InChI=1S/C7H10BN/c1-5-4-9-6(2)3-7(5)8/h3-4H,8H2,1-2H3. The lowest BCUT2D eigenvalue weighted by molar-refractivity contribution is 1.18. The summed E-state index contributed by atoms with van der Waals surface area (Å²) in [6.45, 7) is 4.08. The number of aryl methyl sites for hydroxylation is 2. The van der Waals surface area contributed by atoms with E-state index in [1.165, 1.54) is 11.0 Å². The van der Waals surface area contributed by atoms with E-state index < -0.39 is 0 Å². The number of nitrogens with zero attached hydrogens (tertiary/aromatic N) is 1. The van der Waals surface area contributed by atoms with Crippen LogP contribution < -0.4 is 5.46 Å². The van der Waals surface area contributed by atoms with E-state index in [1.807, 2.05) is 13.1 Å². The zero-order valence-corrected chi connectivity index (χ0v) is 6.10. The van der Waals surface area contributed by atoms with E-state index in [9.17, 15) is 0 Å². The monoisotopic (exact) mass is 119 g/mol. The summed E-state index contributed by atoms with van der Waals surface area (Å²) in [4.78, 5) is 4.14. The molecular formula is C7H10BN. The Kier molecular flexibility index (Phi) is 1.56. The minimum Gasteiger partial charge on any atom is -0.261 e. The van der Waals surface area contributed by atoms with Crippen LogP contribution in [0.25, 0.3) is 0 Å². The van der Waals surface area contributed by atoms with Crippen molar-refractivity contribution in [3.05, 3.63) is 23.5 Å². The van der Waals surface area contributed by atoms with Crippen LogP contribution in [0.3, 0.4) is 0 Å². The molecule has 0 aliphatic rings. The second-order valence-corrected chi connectivity index (χ2v) is 2.41. The van der Waals surface area contributed by atoms with Crippen molar-refractivity contribution < 1.29 is 0 Å². The Morgan fingerprint density at radius 1 is 1.44 bits per heavy atom. The second-order valence-electron chi connectivity index (χ2n) is 2.41. The average Bonchev–Trinajstić information content (AvgIpc) is 1.80. The van der Waals surface area contributed by atoms with Crippen LogP contribution in [-0.4, -0.2) is 12.8 Å². The quantitative estimate of drug-likeness (QED) is 0.436. The Bertz CT molecular complexity index is 220. The van der Waals surface area contributed by atoms with E-state index >= 15 is 0 Å². The van der Waals surface area contributed by atoms with Gasteiger partial charge in [-0.25, -0.2) is 0 Å². The van der Waals surface area contributed by atoms with Crippen molar-refractivity contribution in [3.8, 4) is 0 Å². The smallest absolute Gasteiger partial charge is 0.139 e. The van der Waals surface area contributed by atoms with Gasteiger partial charge in [0, 0.05) is 11.9 Å². The SMILES string of the molecule is Bc1cc(C)ncc1C. The van der Waals surface area contributed by atoms with Crippen LogP contribution in [0, 0.1) is 13.8 Å². The predicted molar refractivity (Wildman–Crippen MR) is 41.9 cm³/mol. The largest absolute Gasteiger partial charge is 0.261 e. The van der Waals surface area contributed by atoms with E-state index in [-0.39, 0.29) is 0 Å². The average molecular weight is 119 g/mol. The first-order valence-electron chi connectivity index (χ1n) is 3.10. The highest BCUT2D eigenvalue weighted by molar-refractivity contribution is 6.33. The Morgan fingerprint density at radius 2 is 2.11 bits per heavy atom. The molecule has 0 saturated heterocycles. The second kappa shape index (κ2) is 2.22. The van der Waals surface area contributed by atoms with Crippen LogP contribution in [0.15, 0.2) is 12.3 Å². The van der Waals surface area contributed by atoms with Gasteiger partial charge in [0.05, 0.1) is 0 Å². The fraction of sp³-hybridized carbons (Fsp3) is 0.286. The van der Waals surface area contributed by atoms with E-state index in [0.29, 0.717) is 0 Å². The molecule has 46 valence electrons. The summed E-state index contributed by atoms with van der Waals surface area (Å²) in [7, 11) is 2.10. The van der Waals surface area contributed by atoms with Crippen LogP contribution >= 0.6 is 0 Å². The van der Waals surface area contributed by atoms with Crippen LogP contribution in [0.5, 0.6) is 0 Å². The Labute approximate surface area is 56.5 Å². The van der Waals surface area contributed by atoms with Gasteiger partial charge < -0.3 is 0 Å². The highest BCUT2D eigenvalue weighted by Gasteiger charge is 1.90. The summed E-state index contributed by atoms with van der Waals surface area (Å²) in [6, 6.07) is 2.09. The minimum atomic E-state index is 1.10. The first kappa shape index (κ1) is 6.34. The number of pyridine rings is 1. The van der Waals surface area contributed by atoms with Crippen molar-refractivity contribution in [2.24, 2.45) is 0 Å². The van der Waals surface area contributed by atoms with Crippen molar-refractivity contribution in [2.45, 2.75) is 13.8 Å². The minimum absolute atomic E-state index is 1.10. The summed E-state index contributed by atoms with van der Waals surface area (Å²) < 4.78 is 0. The number of rotatable bonds is 0. The summed E-state index contributed by atoms with van der Waals surface area (Å²) >= 11 is 0. The maximum Gasteiger partial charge on any atom is 0.139 e. The fourth-order valence-electron chi connectivity index (χ4n) is 0.765. The molecule has 0 saturated carbocycles. The zero-order valence-electron chi connectivity index (χ0n) is 6.10. The number of hydrogen-bond donors (Lipinski definition) is 0. The molecule has 1 nitrogen and oxygen atoms in total. The van der Waals surface area contributed by atoms with Gasteiger partial charge in [-0.15, -0.1) is 0 Å². The van der Waals surface area contributed by atoms with Gasteiger partial charge in [-0.2, -0.15) is 0 Å². The fourth-order valence-corrected chi connectivity index (χ4v) is 0.765. The van der Waals surface area contributed by atoms with Crippen molar-refractivity contribution in [2.75, 3.05) is 0 Å². The van der Waals surface area contributed by atoms with E-state index in [4.69, 9.17) is 0 Å². The maximum absolute atomic E-state index is 4.14. The highest BCUT2D eigenvalue weighted by atomic mass is 14.7. The van der Waals surface area contributed by atoms with E-state index in [1.54, 1.807) is 0 Å². The molecule has 9 heavy (non-hydrogen) atoms.